The van der Waals surface area contributed by atoms with Gasteiger partial charge in [0.25, 0.3) is 0 Å². The highest BCUT2D eigenvalue weighted by Crippen LogP contribution is 2.51. The van der Waals surface area contributed by atoms with Crippen molar-refractivity contribution in [3.63, 3.8) is 0 Å². The quantitative estimate of drug-likeness (QED) is 0.189. The van der Waals surface area contributed by atoms with Crippen LogP contribution in [0.15, 0.2) is 175 Å². The lowest BCUT2D eigenvalue weighted by Gasteiger charge is -2.25. The van der Waals surface area contributed by atoms with Gasteiger partial charge in [-0.05, 0) is 79.6 Å². The molecule has 0 radical (unpaired) electrons. The Kier molecular flexibility index (Phi) is 8.94. The van der Waals surface area contributed by atoms with Gasteiger partial charge in [0.15, 0.2) is 0 Å². The number of para-hydroxylation sites is 1. The first-order chi connectivity index (χ1) is 24.8. The number of fused-ring (bicyclic) bond motifs is 8. The van der Waals surface area contributed by atoms with Crippen LogP contribution in [0, 0.1) is 0 Å². The minimum atomic E-state index is 1.01. The van der Waals surface area contributed by atoms with E-state index < -0.39 is 0 Å². The van der Waals surface area contributed by atoms with Crippen LogP contribution in [0.25, 0.3) is 53.9 Å². The fourth-order valence-corrected chi connectivity index (χ4v) is 8.67. The molecule has 0 fully saturated rings. The molecule has 50 heavy (non-hydrogen) atoms. The summed E-state index contributed by atoms with van der Waals surface area (Å²) in [6.07, 6.45) is 8.96. The van der Waals surface area contributed by atoms with E-state index in [1.807, 2.05) is 25.6 Å². The van der Waals surface area contributed by atoms with Gasteiger partial charge in [0.05, 0.1) is 0 Å². The van der Waals surface area contributed by atoms with E-state index in [9.17, 15) is 0 Å². The smallest absolute Gasteiger partial charge is 0.0456 e. The third kappa shape index (κ3) is 5.76. The summed E-state index contributed by atoms with van der Waals surface area (Å²) in [5.41, 5.74) is 9.75. The zero-order valence-electron chi connectivity index (χ0n) is 28.5. The van der Waals surface area contributed by atoms with E-state index in [4.69, 9.17) is 0 Å². The molecular formula is C48H39NS. The summed E-state index contributed by atoms with van der Waals surface area (Å²) in [6.45, 7) is 4.00. The van der Waals surface area contributed by atoms with Gasteiger partial charge in [0, 0.05) is 38.4 Å². The summed E-state index contributed by atoms with van der Waals surface area (Å²) in [5.74, 6) is 0. The second-order valence-corrected chi connectivity index (χ2v) is 13.5. The van der Waals surface area contributed by atoms with Gasteiger partial charge >= 0.3 is 0 Å². The Morgan fingerprint density at radius 1 is 0.520 bits per heavy atom. The Labute approximate surface area is 299 Å². The van der Waals surface area contributed by atoms with E-state index in [1.54, 1.807) is 0 Å². The summed E-state index contributed by atoms with van der Waals surface area (Å²) in [4.78, 5) is 2.55. The lowest BCUT2D eigenvalue weighted by atomic mass is 9.89. The monoisotopic (exact) mass is 661 g/mol. The van der Waals surface area contributed by atoms with E-state index in [1.165, 1.54) is 75.5 Å². The zero-order valence-corrected chi connectivity index (χ0v) is 29.3. The molecule has 0 atom stereocenters. The Morgan fingerprint density at radius 3 is 1.76 bits per heavy atom. The van der Waals surface area contributed by atoms with Crippen LogP contribution in [-0.4, -0.2) is 0 Å². The molecule has 0 unspecified atom stereocenters. The fourth-order valence-electron chi connectivity index (χ4n) is 7.37. The number of anilines is 1. The van der Waals surface area contributed by atoms with Gasteiger partial charge in [-0.25, -0.2) is 0 Å². The Balaban J connectivity index is 0.00000177. The van der Waals surface area contributed by atoms with Crippen LogP contribution in [0.1, 0.15) is 48.9 Å². The predicted octanol–water partition coefficient (Wildman–Crippen LogP) is 14.0. The molecule has 2 heteroatoms. The van der Waals surface area contributed by atoms with Crippen molar-refractivity contribution in [1.82, 2.24) is 0 Å². The molecule has 1 aliphatic heterocycles. The van der Waals surface area contributed by atoms with Crippen molar-refractivity contribution >= 4 is 71.4 Å². The van der Waals surface area contributed by atoms with E-state index >= 15 is 0 Å². The molecule has 2 aliphatic rings. The SMILES string of the molecule is C1=CC2=C(CC1)c1ccccc1N/C=C(c1ccccc1)/C(c1ccccc1)=C(/c1ccc3c4ccccc4c4ccccc4c3c1)S2.CC. The normalized spacial score (nSPS) is 16.9. The fraction of sp³-hybridized carbons (Fsp3) is 0.0833. The van der Waals surface area contributed by atoms with Gasteiger partial charge in [0.2, 0.25) is 0 Å². The summed E-state index contributed by atoms with van der Waals surface area (Å²) in [7, 11) is 0. The van der Waals surface area contributed by atoms with Gasteiger partial charge in [-0.1, -0.05) is 177 Å². The lowest BCUT2D eigenvalue weighted by Crippen LogP contribution is -2.04. The predicted molar refractivity (Wildman–Crippen MR) is 221 cm³/mol. The van der Waals surface area contributed by atoms with Crippen LogP contribution in [-0.2, 0) is 0 Å². The van der Waals surface area contributed by atoms with Crippen molar-refractivity contribution in [2.75, 3.05) is 5.32 Å². The largest absolute Gasteiger partial charge is 0.361 e. The van der Waals surface area contributed by atoms with Crippen LogP contribution in [0.5, 0.6) is 0 Å². The third-order valence-corrected chi connectivity index (χ3v) is 10.9. The van der Waals surface area contributed by atoms with Crippen LogP contribution >= 0.6 is 11.8 Å². The van der Waals surface area contributed by atoms with Crippen molar-refractivity contribution in [1.29, 1.82) is 0 Å². The molecule has 7 aromatic rings. The lowest BCUT2D eigenvalue weighted by molar-refractivity contribution is 1.05. The maximum Gasteiger partial charge on any atom is 0.0456 e. The topological polar surface area (TPSA) is 12.0 Å². The molecule has 0 bridgehead atoms. The molecule has 0 spiro atoms. The summed E-state index contributed by atoms with van der Waals surface area (Å²) in [6, 6.07) is 55.3. The molecule has 242 valence electrons. The molecular weight excluding hydrogens is 623 g/mol. The zero-order chi connectivity index (χ0) is 33.9. The number of allylic oxidation sites excluding steroid dienone is 5. The number of rotatable bonds is 3. The molecule has 0 aromatic heterocycles. The van der Waals surface area contributed by atoms with Crippen molar-refractivity contribution < 1.29 is 0 Å². The second-order valence-electron chi connectivity index (χ2n) is 12.4. The highest BCUT2D eigenvalue weighted by atomic mass is 32.2. The molecule has 0 saturated carbocycles. The van der Waals surface area contributed by atoms with Crippen molar-refractivity contribution in [3.8, 4) is 0 Å². The molecule has 0 amide bonds. The molecule has 7 aromatic carbocycles. The number of hydrogen-bond acceptors (Lipinski definition) is 2. The highest BCUT2D eigenvalue weighted by Gasteiger charge is 2.24. The van der Waals surface area contributed by atoms with E-state index in [0.717, 1.165) is 24.1 Å². The van der Waals surface area contributed by atoms with Crippen LogP contribution in [0.3, 0.4) is 0 Å². The van der Waals surface area contributed by atoms with Gasteiger partial charge in [-0.3, -0.25) is 0 Å². The summed E-state index contributed by atoms with van der Waals surface area (Å²) >= 11 is 1.91. The molecule has 1 aliphatic carbocycles. The van der Waals surface area contributed by atoms with Crippen LogP contribution in [0.2, 0.25) is 0 Å². The Hall–Kier alpha value is -5.57. The van der Waals surface area contributed by atoms with Crippen molar-refractivity contribution in [3.05, 3.63) is 197 Å². The second kappa shape index (κ2) is 14.1. The number of thioether (sulfide) groups is 1. The van der Waals surface area contributed by atoms with Gasteiger partial charge in [-0.2, -0.15) is 0 Å². The average molecular weight is 662 g/mol. The maximum atomic E-state index is 3.80. The minimum Gasteiger partial charge on any atom is -0.361 e. The minimum absolute atomic E-state index is 1.01. The van der Waals surface area contributed by atoms with Gasteiger partial charge < -0.3 is 5.32 Å². The van der Waals surface area contributed by atoms with Crippen molar-refractivity contribution in [2.24, 2.45) is 0 Å². The van der Waals surface area contributed by atoms with Gasteiger partial charge in [0.1, 0.15) is 0 Å². The van der Waals surface area contributed by atoms with Gasteiger partial charge in [-0.15, -0.1) is 0 Å². The summed E-state index contributed by atoms with van der Waals surface area (Å²) < 4.78 is 0. The maximum absolute atomic E-state index is 3.80. The van der Waals surface area contributed by atoms with Crippen LogP contribution in [0.4, 0.5) is 5.69 Å². The third-order valence-electron chi connectivity index (χ3n) is 9.61. The van der Waals surface area contributed by atoms with Crippen molar-refractivity contribution in [2.45, 2.75) is 26.7 Å². The summed E-state index contributed by atoms with van der Waals surface area (Å²) in [5, 5.41) is 11.5. The van der Waals surface area contributed by atoms with Crippen LogP contribution < -0.4 is 5.32 Å². The average Bonchev–Trinajstić information content (AvgIpc) is 3.20. The standard InChI is InChI=1S/C46H33NS.C2H6/c1-3-15-31(16-4-1)42-30-47-43-25-13-11-23-39(43)40-24-12-14-26-44(40)48-46(45(42)32-17-5-2-6-18-32)33-27-28-38-36-21-8-7-19-34(36)35-20-9-10-22-37(35)41(38)29-33;1-2/h1-11,13-23,25-30,47H,12,24H2;1-2H3/b42-30+,46-45-;. The molecule has 0 saturated heterocycles. The van der Waals surface area contributed by atoms with E-state index in [2.05, 4.69) is 175 Å². The first kappa shape index (κ1) is 31.7. The number of benzene rings is 7. The van der Waals surface area contributed by atoms with E-state index in [0.29, 0.717) is 0 Å². The van der Waals surface area contributed by atoms with E-state index in [-0.39, 0.29) is 0 Å². The Morgan fingerprint density at radius 2 is 1.08 bits per heavy atom. The number of hydrogen-bond donors (Lipinski definition) is 1. The molecule has 1 nitrogen and oxygen atoms in total. The first-order valence-electron chi connectivity index (χ1n) is 17.7. The Bertz CT molecular complexity index is 2450. The molecule has 1 heterocycles. The number of nitrogens with one attached hydrogen (secondary N) is 1. The highest BCUT2D eigenvalue weighted by molar-refractivity contribution is 8.12. The molecule has 9 rings (SSSR count). The molecule has 1 N–H and O–H groups in total. The first-order valence-corrected chi connectivity index (χ1v) is 18.5.